The third kappa shape index (κ3) is 3.13. The molecule has 0 amide bonds. The maximum atomic E-state index is 6.01. The van der Waals surface area contributed by atoms with Crippen LogP contribution in [0.2, 0.25) is 0 Å². The number of nitrogens with zero attached hydrogens (tertiary/aromatic N) is 2. The first-order valence-electron chi connectivity index (χ1n) is 9.29. The van der Waals surface area contributed by atoms with Crippen LogP contribution in [0.3, 0.4) is 0 Å². The second-order valence-corrected chi connectivity index (χ2v) is 7.29. The summed E-state index contributed by atoms with van der Waals surface area (Å²) in [6.07, 6.45) is 2.37. The van der Waals surface area contributed by atoms with Gasteiger partial charge in [-0.25, -0.2) is 4.99 Å². The Labute approximate surface area is 149 Å². The average molecular weight is 341 g/mol. The van der Waals surface area contributed by atoms with Gasteiger partial charge in [-0.05, 0) is 32.8 Å². The van der Waals surface area contributed by atoms with Crippen molar-refractivity contribution in [1.29, 1.82) is 0 Å². The molecule has 25 heavy (non-hydrogen) atoms. The van der Waals surface area contributed by atoms with Crippen LogP contribution in [-0.2, 0) is 11.3 Å². The molecule has 5 nitrogen and oxygen atoms in total. The molecule has 2 aromatic rings. The smallest absolute Gasteiger partial charge is 0.194 e. The van der Waals surface area contributed by atoms with Gasteiger partial charge in [-0.3, -0.25) is 0 Å². The van der Waals surface area contributed by atoms with Crippen molar-refractivity contribution in [2.75, 3.05) is 32.8 Å². The molecule has 1 N–H and O–H groups in total. The van der Waals surface area contributed by atoms with Gasteiger partial charge in [-0.2, -0.15) is 0 Å². The van der Waals surface area contributed by atoms with Crippen molar-refractivity contribution in [2.24, 2.45) is 10.4 Å². The fourth-order valence-corrected chi connectivity index (χ4v) is 4.04. The molecular formula is C20H27N3O2. The average Bonchev–Trinajstić information content (AvgIpc) is 3.34. The summed E-state index contributed by atoms with van der Waals surface area (Å²) >= 11 is 0. The van der Waals surface area contributed by atoms with Crippen LogP contribution in [0.1, 0.15) is 31.1 Å². The molecule has 2 saturated heterocycles. The van der Waals surface area contributed by atoms with Crippen LogP contribution >= 0.6 is 0 Å². The summed E-state index contributed by atoms with van der Waals surface area (Å²) < 4.78 is 11.7. The number of aryl methyl sites for hydroxylation is 1. The Balaban J connectivity index is 1.53. The summed E-state index contributed by atoms with van der Waals surface area (Å²) in [4.78, 5) is 7.26. The van der Waals surface area contributed by atoms with Gasteiger partial charge >= 0.3 is 0 Å². The van der Waals surface area contributed by atoms with Crippen molar-refractivity contribution in [3.05, 3.63) is 35.6 Å². The molecule has 1 atom stereocenters. The Hall–Kier alpha value is -2.01. The first-order valence-corrected chi connectivity index (χ1v) is 9.29. The van der Waals surface area contributed by atoms with Crippen molar-refractivity contribution in [1.82, 2.24) is 10.2 Å². The molecule has 1 spiro atoms. The van der Waals surface area contributed by atoms with E-state index in [-0.39, 0.29) is 0 Å². The Morgan fingerprint density at radius 1 is 1.32 bits per heavy atom. The lowest BCUT2D eigenvalue weighted by Crippen LogP contribution is -2.41. The summed E-state index contributed by atoms with van der Waals surface area (Å²) in [5.41, 5.74) is 2.47. The highest BCUT2D eigenvalue weighted by Gasteiger charge is 2.42. The number of para-hydroxylation sites is 1. The van der Waals surface area contributed by atoms with Crippen molar-refractivity contribution in [3.63, 3.8) is 0 Å². The zero-order chi connectivity index (χ0) is 17.3. The van der Waals surface area contributed by atoms with E-state index in [2.05, 4.69) is 36.2 Å². The second kappa shape index (κ2) is 6.71. The minimum absolute atomic E-state index is 0.339. The summed E-state index contributed by atoms with van der Waals surface area (Å²) in [5, 5.41) is 4.63. The van der Waals surface area contributed by atoms with E-state index in [0.717, 1.165) is 50.2 Å². The predicted octanol–water partition coefficient (Wildman–Crippen LogP) is 3.32. The first-order chi connectivity index (χ1) is 12.2. The number of nitrogens with one attached hydrogen (secondary N) is 1. The molecule has 0 radical (unpaired) electrons. The van der Waals surface area contributed by atoms with Gasteiger partial charge in [-0.1, -0.05) is 18.2 Å². The van der Waals surface area contributed by atoms with Crippen LogP contribution in [-0.4, -0.2) is 43.7 Å². The SMILES string of the molecule is CCNC(=NCc1oc2ccccc2c1C)N1CCC2(CCOC2)C1. The van der Waals surface area contributed by atoms with Crippen LogP contribution in [0.15, 0.2) is 33.7 Å². The number of guanidine groups is 1. The lowest BCUT2D eigenvalue weighted by atomic mass is 9.87. The number of furan rings is 1. The quantitative estimate of drug-likeness (QED) is 0.687. The van der Waals surface area contributed by atoms with E-state index in [9.17, 15) is 0 Å². The predicted molar refractivity (Wildman–Crippen MR) is 99.8 cm³/mol. The van der Waals surface area contributed by atoms with Gasteiger partial charge in [0.2, 0.25) is 0 Å². The molecule has 2 fully saturated rings. The van der Waals surface area contributed by atoms with Crippen LogP contribution in [0.25, 0.3) is 11.0 Å². The number of hydrogen-bond donors (Lipinski definition) is 1. The summed E-state index contributed by atoms with van der Waals surface area (Å²) in [6.45, 7) is 9.56. The third-order valence-electron chi connectivity index (χ3n) is 5.57. The highest BCUT2D eigenvalue weighted by molar-refractivity contribution is 5.82. The second-order valence-electron chi connectivity index (χ2n) is 7.29. The number of hydrogen-bond acceptors (Lipinski definition) is 3. The fourth-order valence-electron chi connectivity index (χ4n) is 4.04. The molecule has 0 aliphatic carbocycles. The molecule has 0 bridgehead atoms. The van der Waals surface area contributed by atoms with Crippen molar-refractivity contribution >= 4 is 16.9 Å². The van der Waals surface area contributed by atoms with Crippen LogP contribution in [0, 0.1) is 12.3 Å². The first kappa shape index (κ1) is 16.5. The third-order valence-corrected chi connectivity index (χ3v) is 5.57. The summed E-state index contributed by atoms with van der Waals surface area (Å²) in [7, 11) is 0. The summed E-state index contributed by atoms with van der Waals surface area (Å²) in [6, 6.07) is 8.19. The van der Waals surface area contributed by atoms with Gasteiger partial charge < -0.3 is 19.4 Å². The lowest BCUT2D eigenvalue weighted by molar-refractivity contribution is 0.156. The minimum Gasteiger partial charge on any atom is -0.459 e. The number of rotatable bonds is 3. The molecule has 3 heterocycles. The molecule has 2 aliphatic heterocycles. The van der Waals surface area contributed by atoms with Gasteiger partial charge in [-0.15, -0.1) is 0 Å². The highest BCUT2D eigenvalue weighted by Crippen LogP contribution is 2.38. The lowest BCUT2D eigenvalue weighted by Gasteiger charge is -2.24. The molecule has 4 rings (SSSR count). The van der Waals surface area contributed by atoms with Crippen LogP contribution in [0.5, 0.6) is 0 Å². The van der Waals surface area contributed by atoms with Crippen LogP contribution in [0.4, 0.5) is 0 Å². The molecule has 1 unspecified atom stereocenters. The number of aliphatic imine (C=N–C) groups is 1. The molecular weight excluding hydrogens is 314 g/mol. The van der Waals surface area contributed by atoms with E-state index in [1.807, 2.05) is 12.1 Å². The van der Waals surface area contributed by atoms with E-state index in [1.54, 1.807) is 0 Å². The van der Waals surface area contributed by atoms with Crippen molar-refractivity contribution < 1.29 is 9.15 Å². The van der Waals surface area contributed by atoms with Gasteiger partial charge in [0, 0.05) is 42.6 Å². The van der Waals surface area contributed by atoms with E-state index in [1.165, 1.54) is 23.8 Å². The van der Waals surface area contributed by atoms with Gasteiger partial charge in [0.15, 0.2) is 5.96 Å². The number of fused-ring (bicyclic) bond motifs is 1. The number of benzene rings is 1. The fraction of sp³-hybridized carbons (Fsp3) is 0.550. The number of ether oxygens (including phenoxy) is 1. The van der Waals surface area contributed by atoms with Crippen LogP contribution < -0.4 is 5.32 Å². The highest BCUT2D eigenvalue weighted by atomic mass is 16.5. The molecule has 5 heteroatoms. The zero-order valence-corrected chi connectivity index (χ0v) is 15.2. The minimum atomic E-state index is 0.339. The largest absolute Gasteiger partial charge is 0.459 e. The maximum Gasteiger partial charge on any atom is 0.194 e. The Kier molecular flexibility index (Phi) is 4.42. The Morgan fingerprint density at radius 2 is 2.20 bits per heavy atom. The van der Waals surface area contributed by atoms with Crippen molar-refractivity contribution in [3.8, 4) is 0 Å². The molecule has 1 aromatic carbocycles. The van der Waals surface area contributed by atoms with Gasteiger partial charge in [0.1, 0.15) is 17.9 Å². The Bertz CT molecular complexity index is 774. The monoisotopic (exact) mass is 341 g/mol. The molecule has 134 valence electrons. The topological polar surface area (TPSA) is 50.0 Å². The molecule has 0 saturated carbocycles. The van der Waals surface area contributed by atoms with Crippen molar-refractivity contribution in [2.45, 2.75) is 33.2 Å². The maximum absolute atomic E-state index is 6.01. The molecule has 2 aliphatic rings. The van der Waals surface area contributed by atoms with Gasteiger partial charge in [0.05, 0.1) is 6.61 Å². The van der Waals surface area contributed by atoms with E-state index >= 15 is 0 Å². The van der Waals surface area contributed by atoms with E-state index in [0.29, 0.717) is 12.0 Å². The number of likely N-dealkylation sites (tertiary alicyclic amines) is 1. The van der Waals surface area contributed by atoms with E-state index in [4.69, 9.17) is 14.1 Å². The standard InChI is InChI=1S/C20H27N3O2/c1-3-21-19(23-10-8-20(13-23)9-11-24-14-20)22-12-18-15(2)16-6-4-5-7-17(16)25-18/h4-7H,3,8-14H2,1-2H3,(H,21,22). The summed E-state index contributed by atoms with van der Waals surface area (Å²) in [5.74, 6) is 1.95. The normalized spacial score (nSPS) is 23.9. The molecule has 1 aromatic heterocycles. The van der Waals surface area contributed by atoms with E-state index < -0.39 is 0 Å². The van der Waals surface area contributed by atoms with Gasteiger partial charge in [0.25, 0.3) is 0 Å². The zero-order valence-electron chi connectivity index (χ0n) is 15.2. The Morgan fingerprint density at radius 3 is 2.96 bits per heavy atom.